The number of piperidine rings is 1. The molecule has 0 spiro atoms. The van der Waals surface area contributed by atoms with Gasteiger partial charge in [-0.25, -0.2) is 0 Å². The van der Waals surface area contributed by atoms with Crippen molar-refractivity contribution in [3.05, 3.63) is 65.2 Å². The average molecular weight is 365 g/mol. The number of ketones is 1. The number of ether oxygens (including phenoxy) is 2. The summed E-state index contributed by atoms with van der Waals surface area (Å²) < 4.78 is 11.2. The van der Waals surface area contributed by atoms with E-state index in [4.69, 9.17) is 9.47 Å². The fourth-order valence-corrected chi connectivity index (χ4v) is 3.26. The second-order valence-corrected chi connectivity index (χ2v) is 7.12. The summed E-state index contributed by atoms with van der Waals surface area (Å²) in [4.78, 5) is 14.7. The summed E-state index contributed by atoms with van der Waals surface area (Å²) in [6.45, 7) is 6.29. The van der Waals surface area contributed by atoms with Crippen molar-refractivity contribution >= 4 is 11.9 Å². The van der Waals surface area contributed by atoms with Gasteiger partial charge in [-0.15, -0.1) is 0 Å². The molecular weight excluding hydrogens is 338 g/mol. The quantitative estimate of drug-likeness (QED) is 0.714. The fraction of sp³-hybridized carbons (Fsp3) is 0.348. The van der Waals surface area contributed by atoms with E-state index in [2.05, 4.69) is 29.2 Å². The predicted octanol–water partition coefficient (Wildman–Crippen LogP) is 4.34. The first-order valence-electron chi connectivity index (χ1n) is 9.40. The summed E-state index contributed by atoms with van der Waals surface area (Å²) in [5, 5.41) is 0. The molecule has 1 aliphatic rings. The Labute approximate surface area is 161 Å². The molecule has 1 fully saturated rings. The normalized spacial score (nSPS) is 16.7. The Morgan fingerprint density at radius 2 is 1.89 bits per heavy atom. The van der Waals surface area contributed by atoms with E-state index in [-0.39, 0.29) is 11.9 Å². The van der Waals surface area contributed by atoms with E-state index >= 15 is 0 Å². The highest BCUT2D eigenvalue weighted by molar-refractivity contribution is 6.00. The van der Waals surface area contributed by atoms with Gasteiger partial charge < -0.3 is 9.47 Å². The molecule has 0 saturated carbocycles. The van der Waals surface area contributed by atoms with Crippen LogP contribution in [0.2, 0.25) is 0 Å². The Kier molecular flexibility index (Phi) is 6.30. The Bertz CT molecular complexity index is 812. The maximum atomic E-state index is 12.4. The summed E-state index contributed by atoms with van der Waals surface area (Å²) in [6, 6.07) is 16.2. The number of Topliss-reactive ketones (excluding diaryl/α,β-unsaturated/α-hetero) is 1. The Morgan fingerprint density at radius 3 is 2.59 bits per heavy atom. The molecule has 0 aliphatic carbocycles. The molecule has 2 aromatic rings. The third-order valence-corrected chi connectivity index (χ3v) is 4.55. The standard InChI is InChI=1S/C23H27NO3/c1-17(2)27-23-14-19(9-10-22(23)26-3)13-20-16-24(12-11-21(20)25)15-18-7-5-4-6-8-18/h4-10,13-14,17H,11-12,15-16H2,1-3H3/b20-13+. The predicted molar refractivity (Wildman–Crippen MR) is 108 cm³/mol. The van der Waals surface area contributed by atoms with Crippen molar-refractivity contribution in [1.82, 2.24) is 4.90 Å². The van der Waals surface area contributed by atoms with Gasteiger partial charge >= 0.3 is 0 Å². The second kappa shape index (κ2) is 8.87. The maximum absolute atomic E-state index is 12.4. The molecule has 3 rings (SSSR count). The smallest absolute Gasteiger partial charge is 0.162 e. The number of likely N-dealkylation sites (tertiary alicyclic amines) is 1. The van der Waals surface area contributed by atoms with Gasteiger partial charge in [-0.2, -0.15) is 0 Å². The number of hydrogen-bond acceptors (Lipinski definition) is 4. The number of carbonyl (C=O) groups is 1. The van der Waals surface area contributed by atoms with Crippen molar-refractivity contribution in [2.75, 3.05) is 20.2 Å². The number of rotatable bonds is 6. The molecule has 0 aromatic heterocycles. The molecule has 27 heavy (non-hydrogen) atoms. The maximum Gasteiger partial charge on any atom is 0.162 e. The molecule has 0 bridgehead atoms. The highest BCUT2D eigenvalue weighted by atomic mass is 16.5. The minimum atomic E-state index is 0.0551. The van der Waals surface area contributed by atoms with Crippen LogP contribution in [-0.2, 0) is 11.3 Å². The molecule has 0 atom stereocenters. The lowest BCUT2D eigenvalue weighted by molar-refractivity contribution is -0.117. The third kappa shape index (κ3) is 5.20. The highest BCUT2D eigenvalue weighted by Crippen LogP contribution is 2.30. The zero-order valence-corrected chi connectivity index (χ0v) is 16.3. The van der Waals surface area contributed by atoms with Crippen LogP contribution in [0.1, 0.15) is 31.4 Å². The lowest BCUT2D eigenvalue weighted by Gasteiger charge is -2.28. The molecule has 4 nitrogen and oxygen atoms in total. The Morgan fingerprint density at radius 1 is 1.11 bits per heavy atom. The number of benzene rings is 2. The van der Waals surface area contributed by atoms with Gasteiger partial charge in [0.1, 0.15) is 0 Å². The van der Waals surface area contributed by atoms with Crippen molar-refractivity contribution in [2.45, 2.75) is 32.9 Å². The van der Waals surface area contributed by atoms with Crippen molar-refractivity contribution in [2.24, 2.45) is 0 Å². The van der Waals surface area contributed by atoms with Crippen LogP contribution in [-0.4, -0.2) is 37.0 Å². The monoisotopic (exact) mass is 365 g/mol. The van der Waals surface area contributed by atoms with Crippen LogP contribution in [0.25, 0.3) is 6.08 Å². The molecule has 1 heterocycles. The van der Waals surface area contributed by atoms with Crippen molar-refractivity contribution < 1.29 is 14.3 Å². The molecule has 0 amide bonds. The van der Waals surface area contributed by atoms with E-state index < -0.39 is 0 Å². The van der Waals surface area contributed by atoms with Crippen LogP contribution < -0.4 is 9.47 Å². The van der Waals surface area contributed by atoms with Gasteiger partial charge in [-0.1, -0.05) is 36.4 Å². The van der Waals surface area contributed by atoms with E-state index in [9.17, 15) is 4.79 Å². The molecular formula is C23H27NO3. The van der Waals surface area contributed by atoms with Gasteiger partial charge in [0.05, 0.1) is 13.2 Å². The number of methoxy groups -OCH3 is 1. The van der Waals surface area contributed by atoms with Crippen molar-refractivity contribution in [1.29, 1.82) is 0 Å². The summed E-state index contributed by atoms with van der Waals surface area (Å²) >= 11 is 0. The summed E-state index contributed by atoms with van der Waals surface area (Å²) in [5.41, 5.74) is 3.07. The minimum Gasteiger partial charge on any atom is -0.493 e. The fourth-order valence-electron chi connectivity index (χ4n) is 3.26. The molecule has 0 radical (unpaired) electrons. The van der Waals surface area contributed by atoms with Gasteiger partial charge in [-0.05, 0) is 43.2 Å². The van der Waals surface area contributed by atoms with E-state index in [0.29, 0.717) is 24.5 Å². The number of carbonyl (C=O) groups excluding carboxylic acids is 1. The molecule has 4 heteroatoms. The lowest BCUT2D eigenvalue weighted by atomic mass is 9.99. The number of nitrogens with zero attached hydrogens (tertiary/aromatic N) is 1. The van der Waals surface area contributed by atoms with Crippen LogP contribution in [0.15, 0.2) is 54.1 Å². The molecule has 0 unspecified atom stereocenters. The molecule has 2 aromatic carbocycles. The first kappa shape index (κ1) is 19.2. The molecule has 0 N–H and O–H groups in total. The van der Waals surface area contributed by atoms with Crippen molar-refractivity contribution in [3.8, 4) is 11.5 Å². The SMILES string of the molecule is COc1ccc(/C=C2\CN(Cc3ccccc3)CCC2=O)cc1OC(C)C. The van der Waals surface area contributed by atoms with Gasteiger partial charge in [0.25, 0.3) is 0 Å². The third-order valence-electron chi connectivity index (χ3n) is 4.55. The van der Waals surface area contributed by atoms with E-state index in [0.717, 1.165) is 24.2 Å². The van der Waals surface area contributed by atoms with Crippen LogP contribution in [0, 0.1) is 0 Å². The molecule has 1 aliphatic heterocycles. The second-order valence-electron chi connectivity index (χ2n) is 7.12. The van der Waals surface area contributed by atoms with Crippen LogP contribution in [0.4, 0.5) is 0 Å². The van der Waals surface area contributed by atoms with Crippen LogP contribution in [0.3, 0.4) is 0 Å². The van der Waals surface area contributed by atoms with Gasteiger partial charge in [0, 0.05) is 31.6 Å². The van der Waals surface area contributed by atoms with Gasteiger partial charge in [-0.3, -0.25) is 9.69 Å². The Balaban J connectivity index is 1.78. The first-order chi connectivity index (χ1) is 13.0. The van der Waals surface area contributed by atoms with Gasteiger partial charge in [0.15, 0.2) is 17.3 Å². The van der Waals surface area contributed by atoms with E-state index in [1.54, 1.807) is 7.11 Å². The molecule has 1 saturated heterocycles. The number of hydrogen-bond donors (Lipinski definition) is 0. The first-order valence-corrected chi connectivity index (χ1v) is 9.40. The summed E-state index contributed by atoms with van der Waals surface area (Å²) in [7, 11) is 1.63. The zero-order chi connectivity index (χ0) is 19.2. The highest BCUT2D eigenvalue weighted by Gasteiger charge is 2.21. The van der Waals surface area contributed by atoms with Crippen LogP contribution >= 0.6 is 0 Å². The van der Waals surface area contributed by atoms with E-state index in [1.165, 1.54) is 5.56 Å². The van der Waals surface area contributed by atoms with Crippen LogP contribution in [0.5, 0.6) is 11.5 Å². The van der Waals surface area contributed by atoms with Gasteiger partial charge in [0.2, 0.25) is 0 Å². The summed E-state index contributed by atoms with van der Waals surface area (Å²) in [5.74, 6) is 1.62. The molecule has 142 valence electrons. The lowest BCUT2D eigenvalue weighted by Crippen LogP contribution is -2.35. The largest absolute Gasteiger partial charge is 0.493 e. The minimum absolute atomic E-state index is 0.0551. The Hall–Kier alpha value is -2.59. The topological polar surface area (TPSA) is 38.8 Å². The summed E-state index contributed by atoms with van der Waals surface area (Å²) in [6.07, 6.45) is 2.59. The van der Waals surface area contributed by atoms with Crippen molar-refractivity contribution in [3.63, 3.8) is 0 Å². The zero-order valence-electron chi connectivity index (χ0n) is 16.3. The van der Waals surface area contributed by atoms with E-state index in [1.807, 2.05) is 44.2 Å². The average Bonchev–Trinajstić information content (AvgIpc) is 2.65.